The van der Waals surface area contributed by atoms with Gasteiger partial charge in [0.05, 0.1) is 10.9 Å². The third kappa shape index (κ3) is 3.62. The van der Waals surface area contributed by atoms with Crippen molar-refractivity contribution in [2.45, 2.75) is 19.3 Å². The monoisotopic (exact) mass is 351 g/mol. The van der Waals surface area contributed by atoms with Crippen LogP contribution in [0.3, 0.4) is 0 Å². The van der Waals surface area contributed by atoms with Crippen LogP contribution in [0.4, 0.5) is 5.69 Å². The summed E-state index contributed by atoms with van der Waals surface area (Å²) in [6.45, 7) is 2.01. The highest BCUT2D eigenvalue weighted by Crippen LogP contribution is 2.27. The topological polar surface area (TPSA) is 29.1 Å². The fourth-order valence-electron chi connectivity index (χ4n) is 2.06. The van der Waals surface area contributed by atoms with E-state index in [2.05, 4.69) is 21.2 Å². The minimum atomic E-state index is -0.148. The number of amides is 1. The second kappa shape index (κ2) is 6.91. The van der Waals surface area contributed by atoms with Crippen LogP contribution in [-0.4, -0.2) is 5.91 Å². The first-order valence-corrected chi connectivity index (χ1v) is 7.59. The van der Waals surface area contributed by atoms with E-state index in [-0.39, 0.29) is 11.8 Å². The zero-order chi connectivity index (χ0) is 14.5. The highest BCUT2D eigenvalue weighted by molar-refractivity contribution is 9.10. The number of nitrogens with one attached hydrogen (secondary N) is 1. The van der Waals surface area contributed by atoms with Crippen molar-refractivity contribution in [2.24, 2.45) is 0 Å². The van der Waals surface area contributed by atoms with Crippen molar-refractivity contribution >= 4 is 39.1 Å². The molecule has 0 heterocycles. The predicted octanol–water partition coefficient (Wildman–Crippen LogP) is 5.23. The molecule has 0 aliphatic rings. The molecular formula is C16H15BrClNO. The molecule has 0 saturated heterocycles. The maximum Gasteiger partial charge on any atom is 0.231 e. The van der Waals surface area contributed by atoms with Crippen molar-refractivity contribution in [2.75, 3.05) is 5.32 Å². The third-order valence-electron chi connectivity index (χ3n) is 3.11. The zero-order valence-corrected chi connectivity index (χ0v) is 13.4. The Morgan fingerprint density at radius 3 is 2.55 bits per heavy atom. The van der Waals surface area contributed by atoms with Crippen LogP contribution < -0.4 is 5.32 Å². The summed E-state index contributed by atoms with van der Waals surface area (Å²) in [5.74, 6) is -0.154. The van der Waals surface area contributed by atoms with Gasteiger partial charge in [0.2, 0.25) is 5.91 Å². The molecule has 0 saturated carbocycles. The Kier molecular flexibility index (Phi) is 5.21. The molecule has 0 radical (unpaired) electrons. The molecule has 0 aromatic heterocycles. The van der Waals surface area contributed by atoms with Gasteiger partial charge in [-0.2, -0.15) is 0 Å². The van der Waals surface area contributed by atoms with E-state index in [1.807, 2.05) is 37.3 Å². The number of rotatable bonds is 4. The van der Waals surface area contributed by atoms with Crippen molar-refractivity contribution in [3.05, 3.63) is 63.6 Å². The van der Waals surface area contributed by atoms with Crippen LogP contribution in [0.25, 0.3) is 0 Å². The Labute approximate surface area is 132 Å². The number of hydrogen-bond acceptors (Lipinski definition) is 1. The Balaban J connectivity index is 2.15. The molecule has 2 aromatic carbocycles. The van der Waals surface area contributed by atoms with Crippen molar-refractivity contribution < 1.29 is 4.79 Å². The summed E-state index contributed by atoms with van der Waals surface area (Å²) < 4.78 is 0.768. The summed E-state index contributed by atoms with van der Waals surface area (Å²) >= 11 is 9.30. The summed E-state index contributed by atoms with van der Waals surface area (Å²) in [6.07, 6.45) is 0.755. The fraction of sp³-hybridized carbons (Fsp3) is 0.188. The lowest BCUT2D eigenvalue weighted by molar-refractivity contribution is -0.117. The molecule has 1 unspecified atom stereocenters. The summed E-state index contributed by atoms with van der Waals surface area (Å²) in [5.41, 5.74) is 1.76. The fourth-order valence-corrected chi connectivity index (χ4v) is 2.56. The molecule has 2 aromatic rings. The first kappa shape index (κ1) is 15.1. The van der Waals surface area contributed by atoms with Gasteiger partial charge in [-0.15, -0.1) is 0 Å². The molecule has 2 rings (SSSR count). The van der Waals surface area contributed by atoms with Crippen molar-refractivity contribution in [1.29, 1.82) is 0 Å². The quantitative estimate of drug-likeness (QED) is 0.801. The van der Waals surface area contributed by atoms with Crippen LogP contribution in [-0.2, 0) is 4.79 Å². The smallest absolute Gasteiger partial charge is 0.231 e. The number of anilines is 1. The molecule has 0 spiro atoms. The van der Waals surface area contributed by atoms with Crippen LogP contribution in [0, 0.1) is 0 Å². The average molecular weight is 353 g/mol. The molecule has 0 bridgehead atoms. The molecule has 2 nitrogen and oxygen atoms in total. The van der Waals surface area contributed by atoms with Gasteiger partial charge in [-0.3, -0.25) is 4.79 Å². The standard InChI is InChI=1S/C16H15BrClNO/c1-2-13(11-6-4-3-5-7-11)16(20)19-12-8-9-15(18)14(17)10-12/h3-10,13H,2H2,1H3,(H,19,20). The molecule has 1 amide bonds. The number of carbonyl (C=O) groups excluding carboxylic acids is 1. The largest absolute Gasteiger partial charge is 0.326 e. The Morgan fingerprint density at radius 1 is 1.25 bits per heavy atom. The van der Waals surface area contributed by atoms with Gasteiger partial charge in [-0.25, -0.2) is 0 Å². The van der Waals surface area contributed by atoms with E-state index >= 15 is 0 Å². The summed E-state index contributed by atoms with van der Waals surface area (Å²) in [5, 5.41) is 3.56. The molecule has 1 atom stereocenters. The van der Waals surface area contributed by atoms with Gasteiger partial charge in [0.1, 0.15) is 0 Å². The van der Waals surface area contributed by atoms with Crippen molar-refractivity contribution in [3.8, 4) is 0 Å². The van der Waals surface area contributed by atoms with Gasteiger partial charge >= 0.3 is 0 Å². The highest BCUT2D eigenvalue weighted by atomic mass is 79.9. The average Bonchev–Trinajstić information content (AvgIpc) is 2.45. The van der Waals surface area contributed by atoms with E-state index in [0.29, 0.717) is 5.02 Å². The zero-order valence-electron chi connectivity index (χ0n) is 11.1. The van der Waals surface area contributed by atoms with Gasteiger partial charge in [0.15, 0.2) is 0 Å². The first-order chi connectivity index (χ1) is 9.61. The lowest BCUT2D eigenvalue weighted by Gasteiger charge is -2.15. The molecule has 1 N–H and O–H groups in total. The molecule has 20 heavy (non-hydrogen) atoms. The normalized spacial score (nSPS) is 11.9. The lowest BCUT2D eigenvalue weighted by atomic mass is 9.95. The lowest BCUT2D eigenvalue weighted by Crippen LogP contribution is -2.20. The number of halogens is 2. The highest BCUT2D eigenvalue weighted by Gasteiger charge is 2.18. The minimum absolute atomic E-state index is 0.00655. The Morgan fingerprint density at radius 2 is 1.95 bits per heavy atom. The molecule has 0 aliphatic heterocycles. The molecular weight excluding hydrogens is 338 g/mol. The summed E-state index contributed by atoms with van der Waals surface area (Å²) in [4.78, 5) is 12.4. The minimum Gasteiger partial charge on any atom is -0.326 e. The van der Waals surface area contributed by atoms with E-state index in [9.17, 15) is 4.79 Å². The molecule has 4 heteroatoms. The van der Waals surface area contributed by atoms with E-state index < -0.39 is 0 Å². The SMILES string of the molecule is CCC(C(=O)Nc1ccc(Cl)c(Br)c1)c1ccccc1. The van der Waals surface area contributed by atoms with Crippen LogP contribution in [0.5, 0.6) is 0 Å². The number of carbonyl (C=O) groups is 1. The van der Waals surface area contributed by atoms with Crippen molar-refractivity contribution in [1.82, 2.24) is 0 Å². The van der Waals surface area contributed by atoms with Crippen LogP contribution in [0.2, 0.25) is 5.02 Å². The maximum atomic E-state index is 12.4. The molecule has 0 fully saturated rings. The Hall–Kier alpha value is -1.32. The summed E-state index contributed by atoms with van der Waals surface area (Å²) in [7, 11) is 0. The second-order valence-corrected chi connectivity index (χ2v) is 5.75. The number of benzene rings is 2. The first-order valence-electron chi connectivity index (χ1n) is 6.42. The van der Waals surface area contributed by atoms with Gasteiger partial charge in [-0.05, 0) is 46.1 Å². The van der Waals surface area contributed by atoms with E-state index in [0.717, 1.165) is 22.1 Å². The van der Waals surface area contributed by atoms with Gasteiger partial charge in [0.25, 0.3) is 0 Å². The van der Waals surface area contributed by atoms with Crippen LogP contribution >= 0.6 is 27.5 Å². The third-order valence-corrected chi connectivity index (χ3v) is 4.33. The van der Waals surface area contributed by atoms with Crippen molar-refractivity contribution in [3.63, 3.8) is 0 Å². The predicted molar refractivity (Wildman–Crippen MR) is 87.3 cm³/mol. The Bertz CT molecular complexity index is 601. The maximum absolute atomic E-state index is 12.4. The van der Waals surface area contributed by atoms with Gasteiger partial charge < -0.3 is 5.32 Å². The van der Waals surface area contributed by atoms with Crippen LogP contribution in [0.1, 0.15) is 24.8 Å². The van der Waals surface area contributed by atoms with E-state index in [4.69, 9.17) is 11.6 Å². The van der Waals surface area contributed by atoms with Crippen LogP contribution in [0.15, 0.2) is 53.0 Å². The van der Waals surface area contributed by atoms with E-state index in [1.54, 1.807) is 18.2 Å². The number of hydrogen-bond donors (Lipinski definition) is 1. The van der Waals surface area contributed by atoms with Gasteiger partial charge in [0, 0.05) is 10.2 Å². The van der Waals surface area contributed by atoms with Gasteiger partial charge in [-0.1, -0.05) is 48.9 Å². The molecule has 0 aliphatic carbocycles. The summed E-state index contributed by atoms with van der Waals surface area (Å²) in [6, 6.07) is 15.2. The second-order valence-electron chi connectivity index (χ2n) is 4.49. The van der Waals surface area contributed by atoms with E-state index in [1.165, 1.54) is 0 Å². The molecule has 104 valence electrons.